The Labute approximate surface area is 155 Å². The molecule has 1 aromatic heterocycles. The van der Waals surface area contributed by atoms with Crippen LogP contribution in [0.3, 0.4) is 0 Å². The van der Waals surface area contributed by atoms with Crippen LogP contribution in [0.4, 0.5) is 11.4 Å². The first-order valence-electron chi connectivity index (χ1n) is 8.65. The fourth-order valence-corrected chi connectivity index (χ4v) is 2.19. The van der Waals surface area contributed by atoms with Gasteiger partial charge in [-0.15, -0.1) is 0 Å². The van der Waals surface area contributed by atoms with Gasteiger partial charge in [0.05, 0.1) is 30.5 Å². The molecule has 0 bridgehead atoms. The number of benzene rings is 1. The van der Waals surface area contributed by atoms with Crippen LogP contribution in [0.15, 0.2) is 89.9 Å². The van der Waals surface area contributed by atoms with Gasteiger partial charge in [0, 0.05) is 45.1 Å². The lowest BCUT2D eigenvalue weighted by atomic mass is 10.3. The summed E-state index contributed by atoms with van der Waals surface area (Å²) in [7, 11) is 4.02. The Morgan fingerprint density at radius 1 is 1.27 bits per heavy atom. The van der Waals surface area contributed by atoms with Gasteiger partial charge in [-0.1, -0.05) is 12.7 Å². The van der Waals surface area contributed by atoms with Gasteiger partial charge in [-0.25, -0.2) is 4.98 Å². The second kappa shape index (κ2) is 10.8. The van der Waals surface area contributed by atoms with Crippen molar-refractivity contribution < 1.29 is 5.32 Å². The quantitative estimate of drug-likeness (QED) is 0.406. The molecule has 0 amide bonds. The third kappa shape index (κ3) is 7.27. The predicted molar refractivity (Wildman–Crippen MR) is 106 cm³/mol. The number of aryl methyl sites for hydroxylation is 1. The monoisotopic (exact) mass is 351 g/mol. The SMILES string of the molecule is C=C(/C=C\C=C/[NH2+]CCCn1ccnc1)N=Nc1ccc(N(C)C)cc1. The Morgan fingerprint density at radius 2 is 2.08 bits per heavy atom. The molecule has 136 valence electrons. The van der Waals surface area contributed by atoms with Gasteiger partial charge in [0.25, 0.3) is 0 Å². The van der Waals surface area contributed by atoms with E-state index in [1.807, 2.05) is 80.2 Å². The molecule has 0 aliphatic rings. The topological polar surface area (TPSA) is 62.4 Å². The van der Waals surface area contributed by atoms with Crippen molar-refractivity contribution in [3.63, 3.8) is 0 Å². The smallest absolute Gasteiger partial charge is 0.0945 e. The van der Waals surface area contributed by atoms with Crippen molar-refractivity contribution in [1.29, 1.82) is 0 Å². The standard InChI is InChI=1S/C20H26N6/c1-18(23-24-19-8-10-20(11-9-19)25(2)3)7-4-5-12-21-13-6-15-26-16-14-22-17-26/h4-5,7-12,14,16-17,21H,1,6,13,15H2,2-3H3/p+1/b7-4-,12-5-,24-23?. The lowest BCUT2D eigenvalue weighted by molar-refractivity contribution is -0.588. The van der Waals surface area contributed by atoms with Crippen molar-refractivity contribution in [2.24, 2.45) is 10.2 Å². The molecule has 0 atom stereocenters. The molecule has 2 rings (SSSR count). The second-order valence-electron chi connectivity index (χ2n) is 6.02. The first-order chi connectivity index (χ1) is 12.6. The van der Waals surface area contributed by atoms with Crippen LogP contribution >= 0.6 is 0 Å². The fraction of sp³-hybridized carbons (Fsp3) is 0.250. The van der Waals surface area contributed by atoms with Gasteiger partial charge < -0.3 is 14.8 Å². The van der Waals surface area contributed by atoms with Gasteiger partial charge in [0.1, 0.15) is 0 Å². The molecule has 0 radical (unpaired) electrons. The van der Waals surface area contributed by atoms with Gasteiger partial charge in [-0.2, -0.15) is 10.2 Å². The highest BCUT2D eigenvalue weighted by atomic mass is 15.1. The van der Waals surface area contributed by atoms with Gasteiger partial charge in [-0.05, 0) is 36.4 Å². The zero-order valence-electron chi connectivity index (χ0n) is 15.5. The van der Waals surface area contributed by atoms with E-state index in [1.165, 1.54) is 0 Å². The van der Waals surface area contributed by atoms with Crippen molar-refractivity contribution in [1.82, 2.24) is 9.55 Å². The Kier molecular flexibility index (Phi) is 8.02. The molecule has 0 saturated heterocycles. The Hall–Kier alpha value is -2.99. The van der Waals surface area contributed by atoms with E-state index in [4.69, 9.17) is 0 Å². The second-order valence-corrected chi connectivity index (χ2v) is 6.02. The molecule has 0 aliphatic heterocycles. The van der Waals surface area contributed by atoms with Crippen LogP contribution in [0.2, 0.25) is 0 Å². The molecule has 6 nitrogen and oxygen atoms in total. The average molecular weight is 351 g/mol. The molecule has 0 unspecified atom stereocenters. The Morgan fingerprint density at radius 3 is 2.77 bits per heavy atom. The zero-order chi connectivity index (χ0) is 18.6. The van der Waals surface area contributed by atoms with Crippen LogP contribution in [-0.4, -0.2) is 30.2 Å². The molecular formula is C20H27N6+. The number of anilines is 1. The minimum Gasteiger partial charge on any atom is -0.378 e. The van der Waals surface area contributed by atoms with E-state index in [2.05, 4.69) is 31.7 Å². The number of imidazole rings is 1. The van der Waals surface area contributed by atoms with Gasteiger partial charge in [0.2, 0.25) is 0 Å². The summed E-state index contributed by atoms with van der Waals surface area (Å²) >= 11 is 0. The first-order valence-corrected chi connectivity index (χ1v) is 8.65. The maximum absolute atomic E-state index is 4.19. The van der Waals surface area contributed by atoms with Crippen LogP contribution in [0.5, 0.6) is 0 Å². The number of nitrogens with zero attached hydrogens (tertiary/aromatic N) is 5. The highest BCUT2D eigenvalue weighted by Gasteiger charge is 1.94. The van der Waals surface area contributed by atoms with Crippen molar-refractivity contribution in [2.75, 3.05) is 25.5 Å². The lowest BCUT2D eigenvalue weighted by Gasteiger charge is -2.11. The van der Waals surface area contributed by atoms with E-state index in [0.717, 1.165) is 30.9 Å². The molecule has 1 aromatic carbocycles. The molecule has 26 heavy (non-hydrogen) atoms. The van der Waals surface area contributed by atoms with Gasteiger partial charge in [-0.3, -0.25) is 0 Å². The molecule has 0 fully saturated rings. The highest BCUT2D eigenvalue weighted by Crippen LogP contribution is 2.19. The number of allylic oxidation sites excluding steroid dienone is 3. The molecule has 6 heteroatoms. The molecule has 2 N–H and O–H groups in total. The number of azo groups is 1. The summed E-state index contributed by atoms with van der Waals surface area (Å²) in [5.41, 5.74) is 2.56. The van der Waals surface area contributed by atoms with Crippen molar-refractivity contribution in [2.45, 2.75) is 13.0 Å². The van der Waals surface area contributed by atoms with Crippen LogP contribution in [0.1, 0.15) is 6.42 Å². The summed E-state index contributed by atoms with van der Waals surface area (Å²) in [4.78, 5) is 6.07. The van der Waals surface area contributed by atoms with Crippen LogP contribution < -0.4 is 10.2 Å². The summed E-state index contributed by atoms with van der Waals surface area (Å²) in [6.07, 6.45) is 14.5. The van der Waals surface area contributed by atoms with Crippen molar-refractivity contribution in [3.05, 3.63) is 79.7 Å². The Balaban J connectivity index is 1.64. The summed E-state index contributed by atoms with van der Waals surface area (Å²) in [6.45, 7) is 5.91. The number of aromatic nitrogens is 2. The van der Waals surface area contributed by atoms with Crippen LogP contribution in [-0.2, 0) is 6.54 Å². The van der Waals surface area contributed by atoms with Crippen molar-refractivity contribution >= 4 is 11.4 Å². The lowest BCUT2D eigenvalue weighted by Crippen LogP contribution is -2.78. The Bertz CT molecular complexity index is 739. The fourth-order valence-electron chi connectivity index (χ4n) is 2.19. The maximum atomic E-state index is 4.19. The number of rotatable bonds is 10. The highest BCUT2D eigenvalue weighted by molar-refractivity contribution is 5.51. The maximum Gasteiger partial charge on any atom is 0.0945 e. The zero-order valence-corrected chi connectivity index (χ0v) is 15.5. The van der Waals surface area contributed by atoms with Gasteiger partial charge in [0.15, 0.2) is 0 Å². The van der Waals surface area contributed by atoms with Crippen LogP contribution in [0.25, 0.3) is 0 Å². The number of hydrogen-bond acceptors (Lipinski definition) is 4. The third-order valence-corrected chi connectivity index (χ3v) is 3.65. The van der Waals surface area contributed by atoms with E-state index >= 15 is 0 Å². The number of hydrogen-bond donors (Lipinski definition) is 1. The van der Waals surface area contributed by atoms with E-state index in [-0.39, 0.29) is 0 Å². The summed E-state index contributed by atoms with van der Waals surface area (Å²) in [5, 5.41) is 10.5. The number of quaternary nitrogens is 1. The minimum atomic E-state index is 0.617. The third-order valence-electron chi connectivity index (χ3n) is 3.65. The first kappa shape index (κ1) is 19.3. The van der Waals surface area contributed by atoms with Crippen molar-refractivity contribution in [3.8, 4) is 0 Å². The van der Waals surface area contributed by atoms with E-state index in [9.17, 15) is 0 Å². The average Bonchev–Trinajstić information content (AvgIpc) is 3.16. The van der Waals surface area contributed by atoms with Crippen LogP contribution in [0, 0.1) is 0 Å². The summed E-state index contributed by atoms with van der Waals surface area (Å²) in [6, 6.07) is 7.90. The molecule has 0 aliphatic carbocycles. The molecule has 0 saturated carbocycles. The molecule has 0 spiro atoms. The molecular weight excluding hydrogens is 324 g/mol. The summed E-state index contributed by atoms with van der Waals surface area (Å²) in [5.74, 6) is 0. The van der Waals surface area contributed by atoms with E-state index in [0.29, 0.717) is 5.70 Å². The molecule has 2 aromatic rings. The predicted octanol–water partition coefficient (Wildman–Crippen LogP) is 3.27. The normalized spacial score (nSPS) is 11.8. The summed E-state index contributed by atoms with van der Waals surface area (Å²) < 4.78 is 2.08. The largest absolute Gasteiger partial charge is 0.378 e. The van der Waals surface area contributed by atoms with Gasteiger partial charge >= 0.3 is 0 Å². The van der Waals surface area contributed by atoms with E-state index in [1.54, 1.807) is 6.20 Å². The molecule has 1 heterocycles. The number of nitrogens with two attached hydrogens (primary N) is 1. The van der Waals surface area contributed by atoms with E-state index < -0.39 is 0 Å². The minimum absolute atomic E-state index is 0.617.